The average Bonchev–Trinajstić information content (AvgIpc) is 2.29. The molecule has 0 atom stereocenters. The van der Waals surface area contributed by atoms with Gasteiger partial charge in [0.05, 0.1) is 4.90 Å². The van der Waals surface area contributed by atoms with Crippen LogP contribution < -0.4 is 10.0 Å². The molecule has 0 radical (unpaired) electrons. The number of carbonyl (C=O) groups excluding carboxylic acids is 1. The van der Waals surface area contributed by atoms with Gasteiger partial charge in [0.2, 0.25) is 0 Å². The molecule has 0 heterocycles. The van der Waals surface area contributed by atoms with Crippen LogP contribution >= 0.6 is 11.6 Å². The predicted octanol–water partition coefficient (Wildman–Crippen LogP) is 2.05. The first kappa shape index (κ1) is 14.8. The standard InChI is InChI=1S/C11H15ClN2O3S/c1-3-6-13-11(15)14-18(16,17)9-4-5-10(12)8(2)7-9/h4-5,7H,3,6H2,1-2H3,(H2,13,14,15). The summed E-state index contributed by atoms with van der Waals surface area (Å²) in [4.78, 5) is 11.3. The Morgan fingerprint density at radius 1 is 1.39 bits per heavy atom. The van der Waals surface area contributed by atoms with Crippen LogP contribution in [0, 0.1) is 6.92 Å². The van der Waals surface area contributed by atoms with Crippen molar-refractivity contribution >= 4 is 27.7 Å². The number of urea groups is 1. The van der Waals surface area contributed by atoms with Crippen LogP contribution in [0.25, 0.3) is 0 Å². The van der Waals surface area contributed by atoms with Gasteiger partial charge in [-0.3, -0.25) is 0 Å². The van der Waals surface area contributed by atoms with Crippen molar-refractivity contribution in [2.24, 2.45) is 0 Å². The molecular formula is C11H15ClN2O3S. The van der Waals surface area contributed by atoms with Crippen LogP contribution in [-0.2, 0) is 10.0 Å². The van der Waals surface area contributed by atoms with Gasteiger partial charge in [0, 0.05) is 11.6 Å². The summed E-state index contributed by atoms with van der Waals surface area (Å²) in [5.74, 6) is 0. The molecule has 0 unspecified atom stereocenters. The van der Waals surface area contributed by atoms with Gasteiger partial charge in [0.25, 0.3) is 10.0 Å². The Morgan fingerprint density at radius 3 is 2.61 bits per heavy atom. The van der Waals surface area contributed by atoms with Crippen molar-refractivity contribution in [1.82, 2.24) is 10.0 Å². The average molecular weight is 291 g/mol. The molecule has 0 fully saturated rings. The summed E-state index contributed by atoms with van der Waals surface area (Å²) < 4.78 is 25.6. The normalized spacial score (nSPS) is 11.1. The van der Waals surface area contributed by atoms with Crippen LogP contribution in [-0.4, -0.2) is 21.0 Å². The summed E-state index contributed by atoms with van der Waals surface area (Å²) in [6, 6.07) is 3.52. The first-order valence-electron chi connectivity index (χ1n) is 5.43. The fraction of sp³-hybridized carbons (Fsp3) is 0.364. The molecule has 1 aromatic rings. The molecule has 0 aliphatic carbocycles. The number of nitrogens with one attached hydrogen (secondary N) is 2. The molecule has 0 aromatic heterocycles. The highest BCUT2D eigenvalue weighted by atomic mass is 35.5. The summed E-state index contributed by atoms with van der Waals surface area (Å²) in [5.41, 5.74) is 0.633. The lowest BCUT2D eigenvalue weighted by molar-refractivity contribution is 0.246. The molecule has 1 aromatic carbocycles. The molecule has 7 heteroatoms. The molecule has 18 heavy (non-hydrogen) atoms. The monoisotopic (exact) mass is 290 g/mol. The van der Waals surface area contributed by atoms with Crippen LogP contribution in [0.2, 0.25) is 5.02 Å². The first-order valence-corrected chi connectivity index (χ1v) is 7.29. The molecule has 0 spiro atoms. The zero-order chi connectivity index (χ0) is 13.8. The van der Waals surface area contributed by atoms with Crippen LogP contribution in [0.15, 0.2) is 23.1 Å². The van der Waals surface area contributed by atoms with E-state index in [1.165, 1.54) is 18.2 Å². The molecule has 0 saturated carbocycles. The Labute approximate surface area is 112 Å². The number of hydrogen-bond donors (Lipinski definition) is 2. The molecule has 100 valence electrons. The Balaban J connectivity index is 2.86. The van der Waals surface area contributed by atoms with E-state index in [1.54, 1.807) is 6.92 Å². The SMILES string of the molecule is CCCNC(=O)NS(=O)(=O)c1ccc(Cl)c(C)c1. The highest BCUT2D eigenvalue weighted by molar-refractivity contribution is 7.90. The fourth-order valence-electron chi connectivity index (χ4n) is 1.24. The van der Waals surface area contributed by atoms with E-state index in [1.807, 2.05) is 11.6 Å². The van der Waals surface area contributed by atoms with Gasteiger partial charge >= 0.3 is 6.03 Å². The molecule has 0 bridgehead atoms. The minimum Gasteiger partial charge on any atom is -0.337 e. The van der Waals surface area contributed by atoms with Gasteiger partial charge in [-0.15, -0.1) is 0 Å². The van der Waals surface area contributed by atoms with Gasteiger partial charge in [0.15, 0.2) is 0 Å². The van der Waals surface area contributed by atoms with E-state index >= 15 is 0 Å². The van der Waals surface area contributed by atoms with Gasteiger partial charge in [0.1, 0.15) is 0 Å². The lowest BCUT2D eigenvalue weighted by Crippen LogP contribution is -2.39. The highest BCUT2D eigenvalue weighted by Crippen LogP contribution is 2.19. The third-order valence-electron chi connectivity index (χ3n) is 2.20. The van der Waals surface area contributed by atoms with Crippen molar-refractivity contribution in [2.75, 3.05) is 6.54 Å². The maximum atomic E-state index is 11.9. The van der Waals surface area contributed by atoms with Gasteiger partial charge in [-0.1, -0.05) is 18.5 Å². The summed E-state index contributed by atoms with van der Waals surface area (Å²) in [6.45, 7) is 3.98. The third kappa shape index (κ3) is 3.89. The van der Waals surface area contributed by atoms with Crippen molar-refractivity contribution in [3.8, 4) is 0 Å². The molecular weight excluding hydrogens is 276 g/mol. The Hall–Kier alpha value is -1.27. The maximum Gasteiger partial charge on any atom is 0.328 e. The molecule has 0 aliphatic heterocycles. The second-order valence-corrected chi connectivity index (χ2v) is 5.86. The topological polar surface area (TPSA) is 75.3 Å². The van der Waals surface area contributed by atoms with Crippen LogP contribution in [0.5, 0.6) is 0 Å². The Bertz CT molecular complexity index is 543. The van der Waals surface area contributed by atoms with Crippen molar-refractivity contribution < 1.29 is 13.2 Å². The third-order valence-corrected chi connectivity index (χ3v) is 3.96. The lowest BCUT2D eigenvalue weighted by atomic mass is 10.2. The quantitative estimate of drug-likeness (QED) is 0.891. The van der Waals surface area contributed by atoms with Crippen molar-refractivity contribution in [2.45, 2.75) is 25.2 Å². The molecule has 2 N–H and O–H groups in total. The van der Waals surface area contributed by atoms with Gasteiger partial charge < -0.3 is 5.32 Å². The van der Waals surface area contributed by atoms with Gasteiger partial charge in [-0.25, -0.2) is 17.9 Å². The summed E-state index contributed by atoms with van der Waals surface area (Å²) in [5, 5.41) is 2.91. The fourth-order valence-corrected chi connectivity index (χ4v) is 2.37. The van der Waals surface area contributed by atoms with Crippen molar-refractivity contribution in [1.29, 1.82) is 0 Å². The number of sulfonamides is 1. The van der Waals surface area contributed by atoms with E-state index in [4.69, 9.17) is 11.6 Å². The van der Waals surface area contributed by atoms with Gasteiger partial charge in [-0.05, 0) is 37.1 Å². The molecule has 5 nitrogen and oxygen atoms in total. The van der Waals surface area contributed by atoms with Gasteiger partial charge in [-0.2, -0.15) is 0 Å². The van der Waals surface area contributed by atoms with E-state index in [0.717, 1.165) is 6.42 Å². The Morgan fingerprint density at radius 2 is 2.06 bits per heavy atom. The van der Waals surface area contributed by atoms with E-state index in [0.29, 0.717) is 17.1 Å². The number of carbonyl (C=O) groups is 1. The number of hydrogen-bond acceptors (Lipinski definition) is 3. The lowest BCUT2D eigenvalue weighted by Gasteiger charge is -2.08. The number of aryl methyl sites for hydroxylation is 1. The molecule has 0 saturated heterocycles. The molecule has 0 aliphatic rings. The van der Waals surface area contributed by atoms with E-state index in [9.17, 15) is 13.2 Å². The molecule has 1 rings (SSSR count). The van der Waals surface area contributed by atoms with E-state index in [-0.39, 0.29) is 4.90 Å². The smallest absolute Gasteiger partial charge is 0.328 e. The number of rotatable bonds is 4. The second-order valence-electron chi connectivity index (χ2n) is 3.77. The van der Waals surface area contributed by atoms with E-state index < -0.39 is 16.1 Å². The largest absolute Gasteiger partial charge is 0.337 e. The Kier molecular flexibility index (Phi) is 4.98. The number of amides is 2. The van der Waals surface area contributed by atoms with Crippen LogP contribution in [0.1, 0.15) is 18.9 Å². The summed E-state index contributed by atoms with van der Waals surface area (Å²) in [6.07, 6.45) is 0.730. The number of halogens is 1. The van der Waals surface area contributed by atoms with Crippen molar-refractivity contribution in [3.63, 3.8) is 0 Å². The zero-order valence-corrected chi connectivity index (χ0v) is 11.7. The minimum atomic E-state index is -3.85. The predicted molar refractivity (Wildman–Crippen MR) is 70.2 cm³/mol. The van der Waals surface area contributed by atoms with Crippen LogP contribution in [0.3, 0.4) is 0 Å². The van der Waals surface area contributed by atoms with Crippen LogP contribution in [0.4, 0.5) is 4.79 Å². The zero-order valence-electron chi connectivity index (χ0n) is 10.2. The summed E-state index contributed by atoms with van der Waals surface area (Å²) in [7, 11) is -3.85. The van der Waals surface area contributed by atoms with E-state index in [2.05, 4.69) is 5.32 Å². The summed E-state index contributed by atoms with van der Waals surface area (Å²) >= 11 is 5.81. The number of benzene rings is 1. The molecule has 2 amide bonds. The van der Waals surface area contributed by atoms with Crippen molar-refractivity contribution in [3.05, 3.63) is 28.8 Å². The second kappa shape index (κ2) is 6.06. The highest BCUT2D eigenvalue weighted by Gasteiger charge is 2.17. The minimum absolute atomic E-state index is 0.0102. The maximum absolute atomic E-state index is 11.9. The first-order chi connectivity index (χ1) is 8.36.